The van der Waals surface area contributed by atoms with Crippen molar-refractivity contribution < 1.29 is 14.7 Å². The fourth-order valence-electron chi connectivity index (χ4n) is 1.61. The highest BCUT2D eigenvalue weighted by Gasteiger charge is 2.16. The van der Waals surface area contributed by atoms with Gasteiger partial charge in [0.05, 0.1) is 11.4 Å². The van der Waals surface area contributed by atoms with Gasteiger partial charge in [-0.2, -0.15) is 0 Å². The van der Waals surface area contributed by atoms with E-state index in [1.165, 1.54) is 17.8 Å². The predicted octanol–water partition coefficient (Wildman–Crippen LogP) is 1.37. The summed E-state index contributed by atoms with van der Waals surface area (Å²) in [7, 11) is 0. The van der Waals surface area contributed by atoms with Crippen LogP contribution in [0.1, 0.15) is 11.6 Å². The number of hydrogen-bond acceptors (Lipinski definition) is 4. The number of carbonyl (C=O) groups excluding carboxylic acids is 1. The van der Waals surface area contributed by atoms with E-state index < -0.39 is 12.0 Å². The number of carboxylic acids is 1. The number of carbonyl (C=O) groups is 2. The number of amides is 1. The highest BCUT2D eigenvalue weighted by molar-refractivity contribution is 8.00. The molecule has 0 bridgehead atoms. The monoisotopic (exact) mass is 264 g/mol. The SMILES string of the molecule is NC(/C=C/C(=O)O)c1ccc2c(c1)NC(=O)CS2. The van der Waals surface area contributed by atoms with Crippen molar-refractivity contribution in [2.75, 3.05) is 11.1 Å². The Kier molecular flexibility index (Phi) is 3.69. The average molecular weight is 264 g/mol. The van der Waals surface area contributed by atoms with Crippen LogP contribution in [0.15, 0.2) is 35.2 Å². The topological polar surface area (TPSA) is 92.4 Å². The molecule has 1 atom stereocenters. The highest BCUT2D eigenvalue weighted by atomic mass is 32.2. The number of fused-ring (bicyclic) bond motifs is 1. The molecule has 1 aliphatic rings. The standard InChI is InChI=1S/C12H12N2O3S/c13-8(2-4-12(16)17)7-1-3-10-9(5-7)14-11(15)6-18-10/h1-5,8H,6,13H2,(H,14,15)(H,16,17)/b4-2+. The quantitative estimate of drug-likeness (QED) is 0.717. The van der Waals surface area contributed by atoms with Crippen LogP contribution in [0.4, 0.5) is 5.69 Å². The first-order valence-electron chi connectivity index (χ1n) is 5.29. The third-order valence-corrected chi connectivity index (χ3v) is 3.54. The third kappa shape index (κ3) is 2.91. The maximum atomic E-state index is 11.3. The van der Waals surface area contributed by atoms with Crippen LogP contribution in [0, 0.1) is 0 Å². The fourth-order valence-corrected chi connectivity index (χ4v) is 2.39. The van der Waals surface area contributed by atoms with Crippen molar-refractivity contribution >= 4 is 29.3 Å². The Labute approximate surface area is 108 Å². The minimum absolute atomic E-state index is 0.0423. The number of aliphatic carboxylic acids is 1. The van der Waals surface area contributed by atoms with Crippen molar-refractivity contribution in [1.29, 1.82) is 0 Å². The van der Waals surface area contributed by atoms with Crippen molar-refractivity contribution in [3.63, 3.8) is 0 Å². The molecule has 0 fully saturated rings. The van der Waals surface area contributed by atoms with Gasteiger partial charge in [0.1, 0.15) is 0 Å². The Morgan fingerprint density at radius 1 is 1.56 bits per heavy atom. The first-order valence-corrected chi connectivity index (χ1v) is 6.28. The van der Waals surface area contributed by atoms with E-state index in [0.717, 1.165) is 22.2 Å². The molecule has 1 amide bonds. The molecular weight excluding hydrogens is 252 g/mol. The maximum absolute atomic E-state index is 11.3. The summed E-state index contributed by atoms with van der Waals surface area (Å²) in [6.45, 7) is 0. The van der Waals surface area contributed by atoms with E-state index in [2.05, 4.69) is 5.32 Å². The Morgan fingerprint density at radius 2 is 2.33 bits per heavy atom. The molecule has 0 spiro atoms. The van der Waals surface area contributed by atoms with E-state index in [0.29, 0.717) is 5.75 Å². The lowest BCUT2D eigenvalue weighted by molar-refractivity contribution is -0.131. The van der Waals surface area contributed by atoms with Crippen LogP contribution in [0.3, 0.4) is 0 Å². The Balaban J connectivity index is 2.22. The molecule has 0 saturated carbocycles. The Morgan fingerprint density at radius 3 is 3.06 bits per heavy atom. The molecule has 0 aromatic heterocycles. The molecular formula is C12H12N2O3S. The average Bonchev–Trinajstić information content (AvgIpc) is 2.34. The van der Waals surface area contributed by atoms with Crippen LogP contribution in [0.2, 0.25) is 0 Å². The number of benzene rings is 1. The lowest BCUT2D eigenvalue weighted by Crippen LogP contribution is -2.19. The van der Waals surface area contributed by atoms with Gasteiger partial charge in [-0.1, -0.05) is 12.1 Å². The van der Waals surface area contributed by atoms with Crippen molar-refractivity contribution in [3.8, 4) is 0 Å². The third-order valence-electron chi connectivity index (χ3n) is 2.47. The molecule has 6 heteroatoms. The van der Waals surface area contributed by atoms with Gasteiger partial charge in [-0.15, -0.1) is 11.8 Å². The summed E-state index contributed by atoms with van der Waals surface area (Å²) >= 11 is 1.47. The van der Waals surface area contributed by atoms with Gasteiger partial charge in [-0.05, 0) is 17.7 Å². The normalized spacial score (nSPS) is 16.2. The highest BCUT2D eigenvalue weighted by Crippen LogP contribution is 2.33. The van der Waals surface area contributed by atoms with E-state index in [1.54, 1.807) is 6.07 Å². The van der Waals surface area contributed by atoms with Gasteiger partial charge in [0.15, 0.2) is 0 Å². The van der Waals surface area contributed by atoms with E-state index in [-0.39, 0.29) is 5.91 Å². The number of thioether (sulfide) groups is 1. The molecule has 18 heavy (non-hydrogen) atoms. The van der Waals surface area contributed by atoms with E-state index in [1.807, 2.05) is 12.1 Å². The maximum Gasteiger partial charge on any atom is 0.328 e. The molecule has 1 aromatic rings. The second-order valence-corrected chi connectivity index (χ2v) is 4.83. The lowest BCUT2D eigenvalue weighted by atomic mass is 10.1. The molecule has 1 aromatic carbocycles. The van der Waals surface area contributed by atoms with Crippen molar-refractivity contribution in [2.45, 2.75) is 10.9 Å². The molecule has 2 rings (SSSR count). The summed E-state index contributed by atoms with van der Waals surface area (Å²) < 4.78 is 0. The minimum Gasteiger partial charge on any atom is -0.478 e. The van der Waals surface area contributed by atoms with E-state index in [9.17, 15) is 9.59 Å². The number of hydrogen-bond donors (Lipinski definition) is 3. The van der Waals surface area contributed by atoms with Gasteiger partial charge in [-0.3, -0.25) is 4.79 Å². The van der Waals surface area contributed by atoms with E-state index in [4.69, 9.17) is 10.8 Å². The van der Waals surface area contributed by atoms with Crippen molar-refractivity contribution in [1.82, 2.24) is 0 Å². The summed E-state index contributed by atoms with van der Waals surface area (Å²) in [6.07, 6.45) is 2.42. The van der Waals surface area contributed by atoms with Crippen LogP contribution < -0.4 is 11.1 Å². The zero-order valence-electron chi connectivity index (χ0n) is 9.42. The molecule has 4 N–H and O–H groups in total. The van der Waals surface area contributed by atoms with Gasteiger partial charge < -0.3 is 16.2 Å². The number of carboxylic acid groups (broad SMARTS) is 1. The number of anilines is 1. The largest absolute Gasteiger partial charge is 0.478 e. The van der Waals surface area contributed by atoms with Gasteiger partial charge in [-0.25, -0.2) is 4.79 Å². The van der Waals surface area contributed by atoms with Crippen LogP contribution in [0.5, 0.6) is 0 Å². The number of nitrogens with one attached hydrogen (secondary N) is 1. The molecule has 94 valence electrons. The van der Waals surface area contributed by atoms with Gasteiger partial charge in [0.2, 0.25) is 5.91 Å². The summed E-state index contributed by atoms with van der Waals surface area (Å²) in [4.78, 5) is 22.7. The number of nitrogens with two attached hydrogens (primary N) is 1. The smallest absolute Gasteiger partial charge is 0.328 e. The Bertz CT molecular complexity index is 528. The molecule has 1 unspecified atom stereocenters. The lowest BCUT2D eigenvalue weighted by Gasteiger charge is -2.18. The van der Waals surface area contributed by atoms with E-state index >= 15 is 0 Å². The van der Waals surface area contributed by atoms with Crippen LogP contribution in [-0.2, 0) is 9.59 Å². The Hall–Kier alpha value is -1.79. The molecule has 0 aliphatic carbocycles. The van der Waals surface area contributed by atoms with Crippen LogP contribution in [0.25, 0.3) is 0 Å². The summed E-state index contributed by atoms with van der Waals surface area (Å²) in [5.41, 5.74) is 7.33. The van der Waals surface area contributed by atoms with Gasteiger partial charge >= 0.3 is 5.97 Å². The van der Waals surface area contributed by atoms with Gasteiger partial charge in [0.25, 0.3) is 0 Å². The van der Waals surface area contributed by atoms with Crippen molar-refractivity contribution in [2.24, 2.45) is 5.73 Å². The summed E-state index contributed by atoms with van der Waals surface area (Å²) in [5, 5.41) is 11.3. The zero-order valence-corrected chi connectivity index (χ0v) is 10.2. The molecule has 0 radical (unpaired) electrons. The van der Waals surface area contributed by atoms with Crippen LogP contribution in [-0.4, -0.2) is 22.7 Å². The second kappa shape index (κ2) is 5.24. The number of rotatable bonds is 3. The zero-order chi connectivity index (χ0) is 13.1. The summed E-state index contributed by atoms with van der Waals surface area (Å²) in [6, 6.07) is 4.98. The fraction of sp³-hybridized carbons (Fsp3) is 0.167. The first-order chi connectivity index (χ1) is 8.56. The first kappa shape index (κ1) is 12.7. The minimum atomic E-state index is -1.03. The molecule has 1 heterocycles. The molecule has 0 saturated heterocycles. The summed E-state index contributed by atoms with van der Waals surface area (Å²) in [5.74, 6) is -0.663. The molecule has 1 aliphatic heterocycles. The predicted molar refractivity (Wildman–Crippen MR) is 69.5 cm³/mol. The second-order valence-electron chi connectivity index (χ2n) is 3.82. The van der Waals surface area contributed by atoms with Crippen molar-refractivity contribution in [3.05, 3.63) is 35.9 Å². The van der Waals surface area contributed by atoms with Crippen LogP contribution >= 0.6 is 11.8 Å². The molecule has 5 nitrogen and oxygen atoms in total. The van der Waals surface area contributed by atoms with Gasteiger partial charge in [0, 0.05) is 17.0 Å².